The molecule has 0 unspecified atom stereocenters. The van der Waals surface area contributed by atoms with Crippen molar-refractivity contribution in [3.63, 3.8) is 0 Å². The summed E-state index contributed by atoms with van der Waals surface area (Å²) < 4.78 is 5.47. The van der Waals surface area contributed by atoms with Crippen molar-refractivity contribution in [3.05, 3.63) is 6.33 Å². The molecule has 1 heterocycles. The number of rotatable bonds is 8. The molecule has 0 aliphatic heterocycles. The molecule has 0 saturated carbocycles. The third-order valence-electron chi connectivity index (χ3n) is 3.54. The summed E-state index contributed by atoms with van der Waals surface area (Å²) in [5.41, 5.74) is 0. The van der Waals surface area contributed by atoms with Crippen molar-refractivity contribution in [1.82, 2.24) is 9.97 Å². The van der Waals surface area contributed by atoms with Crippen LogP contribution in [0.25, 0.3) is 0 Å². The molecule has 108 valence electrons. The summed E-state index contributed by atoms with van der Waals surface area (Å²) in [4.78, 5) is 10.9. The van der Waals surface area contributed by atoms with Crippen LogP contribution in [0.1, 0.15) is 33.6 Å². The van der Waals surface area contributed by atoms with Gasteiger partial charge < -0.3 is 15.0 Å². The molecule has 5 nitrogen and oxygen atoms in total. The zero-order chi connectivity index (χ0) is 14.3. The second-order valence-corrected chi connectivity index (χ2v) is 4.55. The lowest BCUT2D eigenvalue weighted by molar-refractivity contribution is 0.409. The van der Waals surface area contributed by atoms with Crippen molar-refractivity contribution < 1.29 is 4.74 Å². The molecule has 19 heavy (non-hydrogen) atoms. The molecule has 1 N–H and O–H groups in total. The van der Waals surface area contributed by atoms with Crippen LogP contribution in [0.2, 0.25) is 0 Å². The Kier molecular flexibility index (Phi) is 6.39. The minimum atomic E-state index is 0.678. The Labute approximate surface area is 116 Å². The van der Waals surface area contributed by atoms with Gasteiger partial charge >= 0.3 is 0 Å². The number of hydrogen-bond acceptors (Lipinski definition) is 5. The lowest BCUT2D eigenvalue weighted by atomic mass is 10.0. The number of ether oxygens (including phenoxy) is 1. The number of anilines is 2. The Morgan fingerprint density at radius 3 is 2.42 bits per heavy atom. The molecule has 0 bridgehead atoms. The van der Waals surface area contributed by atoms with E-state index < -0.39 is 0 Å². The van der Waals surface area contributed by atoms with Crippen LogP contribution < -0.4 is 15.0 Å². The van der Waals surface area contributed by atoms with Crippen LogP contribution in [0.3, 0.4) is 0 Å². The van der Waals surface area contributed by atoms with Crippen molar-refractivity contribution in [1.29, 1.82) is 0 Å². The lowest BCUT2D eigenvalue weighted by Crippen LogP contribution is -2.30. The minimum absolute atomic E-state index is 0.678. The maximum absolute atomic E-state index is 5.47. The van der Waals surface area contributed by atoms with Gasteiger partial charge in [0.1, 0.15) is 6.33 Å². The molecule has 0 aliphatic rings. The van der Waals surface area contributed by atoms with Gasteiger partial charge in [0.15, 0.2) is 11.6 Å². The summed E-state index contributed by atoms with van der Waals surface area (Å²) in [5.74, 6) is 3.00. The molecule has 0 saturated heterocycles. The molecule has 1 rings (SSSR count). The Morgan fingerprint density at radius 1 is 1.26 bits per heavy atom. The van der Waals surface area contributed by atoms with Crippen LogP contribution in [0.5, 0.6) is 5.75 Å². The summed E-state index contributed by atoms with van der Waals surface area (Å²) in [5, 5.41) is 3.04. The predicted molar refractivity (Wildman–Crippen MR) is 80.1 cm³/mol. The van der Waals surface area contributed by atoms with Gasteiger partial charge in [-0.3, -0.25) is 0 Å². The van der Waals surface area contributed by atoms with E-state index >= 15 is 0 Å². The highest BCUT2D eigenvalue weighted by atomic mass is 16.5. The second kappa shape index (κ2) is 7.81. The van der Waals surface area contributed by atoms with Gasteiger partial charge in [-0.1, -0.05) is 26.7 Å². The first-order valence-electron chi connectivity index (χ1n) is 7.03. The summed E-state index contributed by atoms with van der Waals surface area (Å²) in [6, 6.07) is 0. The van der Waals surface area contributed by atoms with Gasteiger partial charge in [-0.05, 0) is 12.8 Å². The molecule has 0 aromatic carbocycles. The fourth-order valence-electron chi connectivity index (χ4n) is 2.18. The van der Waals surface area contributed by atoms with E-state index in [0.29, 0.717) is 5.92 Å². The number of nitrogens with zero attached hydrogens (tertiary/aromatic N) is 3. The highest BCUT2D eigenvalue weighted by molar-refractivity contribution is 5.64. The predicted octanol–water partition coefficient (Wildman–Crippen LogP) is 2.79. The molecular weight excluding hydrogens is 240 g/mol. The Hall–Kier alpha value is -1.52. The average Bonchev–Trinajstić information content (AvgIpc) is 2.47. The van der Waals surface area contributed by atoms with Gasteiger partial charge in [0.25, 0.3) is 0 Å². The van der Waals surface area contributed by atoms with E-state index in [1.54, 1.807) is 13.4 Å². The van der Waals surface area contributed by atoms with E-state index in [2.05, 4.69) is 41.0 Å². The lowest BCUT2D eigenvalue weighted by Gasteiger charge is -2.27. The van der Waals surface area contributed by atoms with Crippen molar-refractivity contribution >= 4 is 11.6 Å². The quantitative estimate of drug-likeness (QED) is 0.784. The minimum Gasteiger partial charge on any atom is -0.490 e. The molecule has 0 atom stereocenters. The van der Waals surface area contributed by atoms with Crippen molar-refractivity contribution in [2.45, 2.75) is 33.6 Å². The molecule has 0 amide bonds. The van der Waals surface area contributed by atoms with E-state index in [1.807, 2.05) is 7.05 Å². The number of methoxy groups -OCH3 is 1. The van der Waals surface area contributed by atoms with Gasteiger partial charge in [-0.2, -0.15) is 0 Å². The van der Waals surface area contributed by atoms with Crippen molar-refractivity contribution in [2.24, 2.45) is 5.92 Å². The molecular formula is C14H26N4O. The average molecular weight is 266 g/mol. The van der Waals surface area contributed by atoms with Crippen LogP contribution in [-0.4, -0.2) is 37.2 Å². The van der Waals surface area contributed by atoms with Gasteiger partial charge in [0.2, 0.25) is 5.75 Å². The maximum atomic E-state index is 5.47. The van der Waals surface area contributed by atoms with Gasteiger partial charge in [-0.15, -0.1) is 0 Å². The van der Waals surface area contributed by atoms with Gasteiger partial charge in [-0.25, -0.2) is 9.97 Å². The Morgan fingerprint density at radius 2 is 1.95 bits per heavy atom. The van der Waals surface area contributed by atoms with Crippen LogP contribution in [0, 0.1) is 5.92 Å². The SMILES string of the molecule is CCC(CC)CN(CC)c1ncnc(NC)c1OC. The molecule has 1 aromatic rings. The van der Waals surface area contributed by atoms with E-state index in [1.165, 1.54) is 12.8 Å². The molecule has 0 aliphatic carbocycles. The van der Waals surface area contributed by atoms with Crippen LogP contribution in [-0.2, 0) is 0 Å². The maximum Gasteiger partial charge on any atom is 0.204 e. The van der Waals surface area contributed by atoms with E-state index in [9.17, 15) is 0 Å². The summed E-state index contributed by atoms with van der Waals surface area (Å²) in [7, 11) is 3.50. The zero-order valence-electron chi connectivity index (χ0n) is 12.7. The number of nitrogens with one attached hydrogen (secondary N) is 1. The van der Waals surface area contributed by atoms with E-state index in [0.717, 1.165) is 30.5 Å². The normalized spacial score (nSPS) is 10.6. The van der Waals surface area contributed by atoms with Gasteiger partial charge in [0.05, 0.1) is 7.11 Å². The third-order valence-corrected chi connectivity index (χ3v) is 3.54. The summed E-state index contributed by atoms with van der Waals surface area (Å²) >= 11 is 0. The van der Waals surface area contributed by atoms with E-state index in [-0.39, 0.29) is 0 Å². The van der Waals surface area contributed by atoms with Gasteiger partial charge in [0, 0.05) is 20.1 Å². The second-order valence-electron chi connectivity index (χ2n) is 4.55. The molecule has 1 aromatic heterocycles. The Bertz CT molecular complexity index is 380. The largest absolute Gasteiger partial charge is 0.490 e. The summed E-state index contributed by atoms with van der Waals surface area (Å²) in [6.07, 6.45) is 3.94. The molecule has 0 fully saturated rings. The van der Waals surface area contributed by atoms with Crippen LogP contribution in [0.15, 0.2) is 6.33 Å². The highest BCUT2D eigenvalue weighted by Crippen LogP contribution is 2.32. The third kappa shape index (κ3) is 3.72. The monoisotopic (exact) mass is 266 g/mol. The molecule has 0 spiro atoms. The highest BCUT2D eigenvalue weighted by Gasteiger charge is 2.18. The van der Waals surface area contributed by atoms with Crippen LogP contribution in [0.4, 0.5) is 11.6 Å². The first-order chi connectivity index (χ1) is 9.21. The van der Waals surface area contributed by atoms with Crippen molar-refractivity contribution in [2.75, 3.05) is 37.5 Å². The Balaban J connectivity index is 3.03. The number of hydrogen-bond donors (Lipinski definition) is 1. The molecule has 5 heteroatoms. The fraction of sp³-hybridized carbons (Fsp3) is 0.714. The topological polar surface area (TPSA) is 50.3 Å². The summed E-state index contributed by atoms with van der Waals surface area (Å²) in [6.45, 7) is 8.52. The standard InChI is InChI=1S/C14H26N4O/c1-6-11(7-2)9-18(8-3)14-12(19-5)13(15-4)16-10-17-14/h10-11H,6-9H2,1-5H3,(H,15,16,17). The zero-order valence-corrected chi connectivity index (χ0v) is 12.7. The van der Waals surface area contributed by atoms with Crippen molar-refractivity contribution in [3.8, 4) is 5.75 Å². The first kappa shape index (κ1) is 15.5. The van der Waals surface area contributed by atoms with E-state index in [4.69, 9.17) is 4.74 Å². The van der Waals surface area contributed by atoms with Crippen LogP contribution >= 0.6 is 0 Å². The smallest absolute Gasteiger partial charge is 0.204 e. The fourth-order valence-corrected chi connectivity index (χ4v) is 2.18. The number of aromatic nitrogens is 2. The molecule has 0 radical (unpaired) electrons. The first-order valence-corrected chi connectivity index (χ1v) is 7.03.